The van der Waals surface area contributed by atoms with E-state index < -0.39 is 0 Å². The Hall–Kier alpha value is 0.0400. The lowest BCUT2D eigenvalue weighted by molar-refractivity contribution is 0.279. The van der Waals surface area contributed by atoms with Crippen LogP contribution in [0.5, 0.6) is 5.75 Å². The molecule has 0 amide bonds. The first-order valence-corrected chi connectivity index (χ1v) is 5.64. The van der Waals surface area contributed by atoms with Crippen LogP contribution in [0.4, 0.5) is 0 Å². The van der Waals surface area contributed by atoms with E-state index in [4.69, 9.17) is 22.1 Å². The van der Waals surface area contributed by atoms with Crippen molar-refractivity contribution in [3.63, 3.8) is 0 Å². The van der Waals surface area contributed by atoms with E-state index in [0.29, 0.717) is 17.4 Å². The minimum atomic E-state index is -0.106. The number of hydrogen-bond donors (Lipinski definition) is 1. The van der Waals surface area contributed by atoms with Crippen LogP contribution in [-0.2, 0) is 0 Å². The van der Waals surface area contributed by atoms with E-state index in [-0.39, 0.29) is 17.9 Å². The van der Waals surface area contributed by atoms with Gasteiger partial charge in [-0.1, -0.05) is 17.7 Å². The second kappa shape index (κ2) is 4.91. The number of nitrogens with two attached hydrogens (primary N) is 1. The molecule has 0 unspecified atom stereocenters. The summed E-state index contributed by atoms with van der Waals surface area (Å²) in [5, 5.41) is 0.608. The molecule has 0 aliphatic heterocycles. The Balaban J connectivity index is 0.00000112. The molecule has 1 saturated carbocycles. The summed E-state index contributed by atoms with van der Waals surface area (Å²) in [6.07, 6.45) is 2.08. The van der Waals surface area contributed by atoms with Crippen molar-refractivity contribution in [2.45, 2.75) is 18.4 Å². The van der Waals surface area contributed by atoms with Crippen molar-refractivity contribution >= 4 is 39.9 Å². The zero-order valence-corrected chi connectivity index (χ0v) is 11.2. The highest BCUT2D eigenvalue weighted by Gasteiger charge is 2.39. The van der Waals surface area contributed by atoms with Gasteiger partial charge in [0.05, 0.1) is 10.6 Å². The predicted molar refractivity (Wildman–Crippen MR) is 68.0 cm³/mol. The van der Waals surface area contributed by atoms with E-state index in [1.807, 2.05) is 18.2 Å². The Labute approximate surface area is 109 Å². The Morgan fingerprint density at radius 2 is 2.13 bits per heavy atom. The van der Waals surface area contributed by atoms with Gasteiger partial charge in [0.15, 0.2) is 0 Å². The first kappa shape index (κ1) is 13.1. The van der Waals surface area contributed by atoms with Gasteiger partial charge in [0.2, 0.25) is 0 Å². The summed E-state index contributed by atoms with van der Waals surface area (Å²) in [4.78, 5) is 0. The van der Waals surface area contributed by atoms with Crippen LogP contribution in [0.2, 0.25) is 5.02 Å². The molecule has 1 aliphatic carbocycles. The lowest BCUT2D eigenvalue weighted by Gasteiger charge is -2.12. The minimum Gasteiger partial charge on any atom is -0.490 e. The van der Waals surface area contributed by atoms with Gasteiger partial charge in [0.1, 0.15) is 12.4 Å². The molecule has 15 heavy (non-hydrogen) atoms. The molecular weight excluding hydrogens is 301 g/mol. The van der Waals surface area contributed by atoms with Crippen LogP contribution in [0.1, 0.15) is 12.8 Å². The third-order valence-electron chi connectivity index (χ3n) is 2.32. The maximum Gasteiger partial charge on any atom is 0.139 e. The lowest BCUT2D eigenvalue weighted by Crippen LogP contribution is -2.29. The molecule has 1 aromatic carbocycles. The largest absolute Gasteiger partial charge is 0.490 e. The zero-order chi connectivity index (χ0) is 10.2. The van der Waals surface area contributed by atoms with E-state index in [1.54, 1.807) is 0 Å². The summed E-state index contributed by atoms with van der Waals surface area (Å²) in [5.41, 5.74) is 5.80. The molecule has 1 aromatic rings. The van der Waals surface area contributed by atoms with Crippen LogP contribution in [0.3, 0.4) is 0 Å². The maximum absolute atomic E-state index is 6.03. The molecular formula is C10H12BrCl2NO. The average molecular weight is 313 g/mol. The SMILES string of the molecule is Cl.NC1(COc2cccc(Br)c2Cl)CC1. The Morgan fingerprint density at radius 1 is 1.47 bits per heavy atom. The quantitative estimate of drug-likeness (QED) is 0.928. The maximum atomic E-state index is 6.03. The van der Waals surface area contributed by atoms with E-state index in [2.05, 4.69) is 15.9 Å². The van der Waals surface area contributed by atoms with Crippen LogP contribution in [-0.4, -0.2) is 12.1 Å². The Morgan fingerprint density at radius 3 is 2.73 bits per heavy atom. The van der Waals surface area contributed by atoms with Crippen molar-refractivity contribution in [2.24, 2.45) is 5.73 Å². The molecule has 0 bridgehead atoms. The molecule has 0 spiro atoms. The van der Waals surface area contributed by atoms with Gasteiger partial charge in [-0.15, -0.1) is 12.4 Å². The molecule has 1 fully saturated rings. The van der Waals surface area contributed by atoms with Crippen LogP contribution in [0, 0.1) is 0 Å². The molecule has 1 aliphatic rings. The Bertz CT molecular complexity index is 355. The van der Waals surface area contributed by atoms with Crippen molar-refractivity contribution < 1.29 is 4.74 Å². The van der Waals surface area contributed by atoms with Gasteiger partial charge in [-0.05, 0) is 40.9 Å². The van der Waals surface area contributed by atoms with Crippen molar-refractivity contribution in [2.75, 3.05) is 6.61 Å². The first-order valence-electron chi connectivity index (χ1n) is 4.46. The number of rotatable bonds is 3. The number of halogens is 3. The van der Waals surface area contributed by atoms with Gasteiger partial charge in [-0.25, -0.2) is 0 Å². The standard InChI is InChI=1S/C10H11BrClNO.ClH/c11-7-2-1-3-8(9(7)12)14-6-10(13)4-5-10;/h1-3H,4-6,13H2;1H. The van der Waals surface area contributed by atoms with E-state index >= 15 is 0 Å². The highest BCUT2D eigenvalue weighted by Crippen LogP contribution is 2.36. The van der Waals surface area contributed by atoms with Gasteiger partial charge in [-0.3, -0.25) is 0 Å². The fourth-order valence-corrected chi connectivity index (χ4v) is 1.65. The molecule has 0 heterocycles. The summed E-state index contributed by atoms with van der Waals surface area (Å²) in [5.74, 6) is 0.692. The third-order valence-corrected chi connectivity index (χ3v) is 3.60. The van der Waals surface area contributed by atoms with Gasteiger partial charge >= 0.3 is 0 Å². The summed E-state index contributed by atoms with van der Waals surface area (Å²) in [7, 11) is 0. The fraction of sp³-hybridized carbons (Fsp3) is 0.400. The summed E-state index contributed by atoms with van der Waals surface area (Å²) < 4.78 is 6.40. The van der Waals surface area contributed by atoms with Gasteiger partial charge in [-0.2, -0.15) is 0 Å². The van der Waals surface area contributed by atoms with Crippen molar-refractivity contribution in [1.29, 1.82) is 0 Å². The fourth-order valence-electron chi connectivity index (χ4n) is 1.12. The molecule has 2 nitrogen and oxygen atoms in total. The van der Waals surface area contributed by atoms with Crippen LogP contribution < -0.4 is 10.5 Å². The molecule has 2 rings (SSSR count). The lowest BCUT2D eigenvalue weighted by atomic mass is 10.3. The first-order chi connectivity index (χ1) is 6.61. The molecule has 0 aromatic heterocycles. The smallest absolute Gasteiger partial charge is 0.139 e. The summed E-state index contributed by atoms with van der Waals surface area (Å²) in [6, 6.07) is 5.62. The average Bonchev–Trinajstić information content (AvgIpc) is 2.88. The molecule has 84 valence electrons. The van der Waals surface area contributed by atoms with Gasteiger partial charge in [0, 0.05) is 4.47 Å². The predicted octanol–water partition coefficient (Wildman–Crippen LogP) is 3.39. The Kier molecular flexibility index (Phi) is 4.29. The van der Waals surface area contributed by atoms with Crippen LogP contribution in [0.25, 0.3) is 0 Å². The molecule has 0 atom stereocenters. The molecule has 2 N–H and O–H groups in total. The number of benzene rings is 1. The normalized spacial score (nSPS) is 16.7. The van der Waals surface area contributed by atoms with Crippen molar-refractivity contribution in [3.8, 4) is 5.75 Å². The number of ether oxygens (including phenoxy) is 1. The van der Waals surface area contributed by atoms with E-state index in [0.717, 1.165) is 17.3 Å². The topological polar surface area (TPSA) is 35.2 Å². The van der Waals surface area contributed by atoms with Crippen LogP contribution in [0.15, 0.2) is 22.7 Å². The minimum absolute atomic E-state index is 0. The highest BCUT2D eigenvalue weighted by molar-refractivity contribution is 9.10. The van der Waals surface area contributed by atoms with Gasteiger partial charge in [0.25, 0.3) is 0 Å². The van der Waals surface area contributed by atoms with Crippen molar-refractivity contribution in [3.05, 3.63) is 27.7 Å². The molecule has 0 saturated heterocycles. The van der Waals surface area contributed by atoms with E-state index in [9.17, 15) is 0 Å². The summed E-state index contributed by atoms with van der Waals surface area (Å²) >= 11 is 9.37. The zero-order valence-electron chi connectivity index (χ0n) is 8.00. The second-order valence-electron chi connectivity index (χ2n) is 3.70. The summed E-state index contributed by atoms with van der Waals surface area (Å²) in [6.45, 7) is 0.545. The van der Waals surface area contributed by atoms with Crippen molar-refractivity contribution in [1.82, 2.24) is 0 Å². The third kappa shape index (κ3) is 3.25. The van der Waals surface area contributed by atoms with E-state index in [1.165, 1.54) is 0 Å². The molecule has 5 heteroatoms. The van der Waals surface area contributed by atoms with Gasteiger partial charge < -0.3 is 10.5 Å². The van der Waals surface area contributed by atoms with Crippen LogP contribution >= 0.6 is 39.9 Å². The monoisotopic (exact) mass is 311 g/mol. The molecule has 0 radical (unpaired) electrons. The number of hydrogen-bond acceptors (Lipinski definition) is 2. The highest BCUT2D eigenvalue weighted by atomic mass is 79.9. The second-order valence-corrected chi connectivity index (χ2v) is 4.94.